The first-order chi connectivity index (χ1) is 8.44. The molecule has 0 saturated heterocycles. The second-order valence-corrected chi connectivity index (χ2v) is 5.79. The summed E-state index contributed by atoms with van der Waals surface area (Å²) < 4.78 is 0.702. The molecule has 2 rings (SSSR count). The Kier molecular flexibility index (Phi) is 3.35. The highest BCUT2D eigenvalue weighted by Gasteiger charge is 2.42. The predicted molar refractivity (Wildman–Crippen MR) is 73.7 cm³/mol. The van der Waals surface area contributed by atoms with E-state index in [0.29, 0.717) is 4.47 Å². The predicted octanol–water partition coefficient (Wildman–Crippen LogP) is 3.79. The third-order valence-corrected chi connectivity index (χ3v) is 5.08. The number of phenols is 1. The summed E-state index contributed by atoms with van der Waals surface area (Å²) >= 11 is 3.42. The summed E-state index contributed by atoms with van der Waals surface area (Å²) in [4.78, 5) is 14.8. The number of nitrogens with zero attached hydrogens (tertiary/aromatic N) is 1. The van der Waals surface area contributed by atoms with Gasteiger partial charge in [-0.25, -0.2) is 4.79 Å². The van der Waals surface area contributed by atoms with Gasteiger partial charge in [-0.3, -0.25) is 0 Å². The summed E-state index contributed by atoms with van der Waals surface area (Å²) in [6.07, 6.45) is 4.54. The molecule has 1 aromatic carbocycles. The van der Waals surface area contributed by atoms with Gasteiger partial charge in [-0.05, 0) is 78.2 Å². The Bertz CT molecular complexity index is 526. The van der Waals surface area contributed by atoms with Crippen molar-refractivity contribution in [1.29, 1.82) is 0 Å². The molecule has 3 nitrogen and oxygen atoms in total. The molecule has 0 bridgehead atoms. The number of rotatable bonds is 2. The van der Waals surface area contributed by atoms with Gasteiger partial charge in [0.25, 0.3) is 0 Å². The van der Waals surface area contributed by atoms with Crippen LogP contribution in [0.1, 0.15) is 41.5 Å². The number of benzene rings is 1. The first kappa shape index (κ1) is 13.3. The molecule has 1 aliphatic carbocycles. The number of phenolic OH excluding ortho intramolecular Hbond substituents is 1. The van der Waals surface area contributed by atoms with Crippen molar-refractivity contribution in [2.45, 2.75) is 45.6 Å². The maximum absolute atomic E-state index is 10.7. The Morgan fingerprint density at radius 1 is 1.22 bits per heavy atom. The molecule has 1 saturated carbocycles. The minimum absolute atomic E-state index is 0.276. The van der Waals surface area contributed by atoms with Gasteiger partial charge in [-0.2, -0.15) is 4.99 Å². The molecule has 0 unspecified atom stereocenters. The highest BCUT2D eigenvalue weighted by molar-refractivity contribution is 9.10. The zero-order valence-electron chi connectivity index (χ0n) is 10.8. The molecule has 0 atom stereocenters. The van der Waals surface area contributed by atoms with Gasteiger partial charge in [0.1, 0.15) is 5.75 Å². The molecule has 1 aliphatic rings. The van der Waals surface area contributed by atoms with Gasteiger partial charge < -0.3 is 5.11 Å². The van der Waals surface area contributed by atoms with E-state index in [4.69, 9.17) is 0 Å². The monoisotopic (exact) mass is 309 g/mol. The molecular weight excluding hydrogens is 294 g/mol. The van der Waals surface area contributed by atoms with Crippen LogP contribution in [0, 0.1) is 20.8 Å². The van der Waals surface area contributed by atoms with Crippen molar-refractivity contribution in [1.82, 2.24) is 0 Å². The van der Waals surface area contributed by atoms with E-state index in [2.05, 4.69) is 20.9 Å². The molecule has 0 aliphatic heterocycles. The fourth-order valence-corrected chi connectivity index (χ4v) is 3.31. The summed E-state index contributed by atoms with van der Waals surface area (Å²) in [5, 5.41) is 10.0. The smallest absolute Gasteiger partial charge is 0.235 e. The lowest BCUT2D eigenvalue weighted by Crippen LogP contribution is -2.34. The first-order valence-corrected chi connectivity index (χ1v) is 6.81. The summed E-state index contributed by atoms with van der Waals surface area (Å²) in [5.41, 5.74) is 3.48. The van der Waals surface area contributed by atoms with Crippen molar-refractivity contribution in [2.75, 3.05) is 0 Å². The van der Waals surface area contributed by atoms with Crippen LogP contribution in [0.2, 0.25) is 0 Å². The standard InChI is InChI=1S/C14H16BrNO2/c1-8-9(2)13(18)12(15)10(3)11(8)14(16-7-17)5-4-6-14/h18H,4-6H2,1-3H3. The molecule has 1 N–H and O–H groups in total. The van der Waals surface area contributed by atoms with E-state index in [0.717, 1.165) is 41.5 Å². The molecule has 0 amide bonds. The minimum atomic E-state index is -0.420. The van der Waals surface area contributed by atoms with Crippen LogP contribution in [0.5, 0.6) is 5.75 Å². The van der Waals surface area contributed by atoms with Crippen LogP contribution in [-0.2, 0) is 10.3 Å². The van der Waals surface area contributed by atoms with Crippen LogP contribution < -0.4 is 0 Å². The van der Waals surface area contributed by atoms with E-state index in [1.807, 2.05) is 20.8 Å². The summed E-state index contributed by atoms with van der Waals surface area (Å²) in [6, 6.07) is 0. The van der Waals surface area contributed by atoms with Crippen molar-refractivity contribution < 1.29 is 9.90 Å². The van der Waals surface area contributed by atoms with Crippen LogP contribution in [0.3, 0.4) is 0 Å². The molecule has 96 valence electrons. The zero-order valence-corrected chi connectivity index (χ0v) is 12.4. The molecule has 4 heteroatoms. The normalized spacial score (nSPS) is 16.9. The molecule has 1 fully saturated rings. The lowest BCUT2D eigenvalue weighted by molar-refractivity contribution is 0.253. The van der Waals surface area contributed by atoms with Crippen molar-refractivity contribution >= 4 is 22.0 Å². The van der Waals surface area contributed by atoms with Gasteiger partial charge >= 0.3 is 0 Å². The first-order valence-electron chi connectivity index (χ1n) is 6.02. The Morgan fingerprint density at radius 3 is 2.28 bits per heavy atom. The lowest BCUT2D eigenvalue weighted by Gasteiger charge is -2.40. The fourth-order valence-electron chi connectivity index (χ4n) is 2.81. The van der Waals surface area contributed by atoms with E-state index < -0.39 is 5.54 Å². The van der Waals surface area contributed by atoms with E-state index in [1.165, 1.54) is 0 Å². The molecular formula is C14H16BrNO2. The molecule has 0 radical (unpaired) electrons. The van der Waals surface area contributed by atoms with Crippen molar-refractivity contribution in [3.63, 3.8) is 0 Å². The SMILES string of the molecule is Cc1c(C)c(C2(N=C=O)CCC2)c(C)c(Br)c1O. The topological polar surface area (TPSA) is 49.7 Å². The van der Waals surface area contributed by atoms with Crippen molar-refractivity contribution in [3.05, 3.63) is 26.7 Å². The molecule has 0 spiro atoms. The van der Waals surface area contributed by atoms with Gasteiger partial charge in [0.2, 0.25) is 6.08 Å². The van der Waals surface area contributed by atoms with Crippen molar-refractivity contribution in [3.8, 4) is 5.75 Å². The Morgan fingerprint density at radius 2 is 1.83 bits per heavy atom. The van der Waals surface area contributed by atoms with Gasteiger partial charge in [-0.15, -0.1) is 0 Å². The number of hydrogen-bond donors (Lipinski definition) is 1. The third kappa shape index (κ3) is 1.72. The highest BCUT2D eigenvalue weighted by Crippen LogP contribution is 2.50. The summed E-state index contributed by atoms with van der Waals surface area (Å²) in [6.45, 7) is 5.81. The molecule has 0 heterocycles. The maximum Gasteiger partial charge on any atom is 0.235 e. The summed E-state index contributed by atoms with van der Waals surface area (Å²) in [7, 11) is 0. The molecule has 0 aromatic heterocycles. The van der Waals surface area contributed by atoms with E-state index >= 15 is 0 Å². The maximum atomic E-state index is 10.7. The average molecular weight is 310 g/mol. The van der Waals surface area contributed by atoms with Crippen LogP contribution in [0.15, 0.2) is 9.47 Å². The second kappa shape index (κ2) is 4.52. The minimum Gasteiger partial charge on any atom is -0.506 e. The number of isocyanates is 1. The van der Waals surface area contributed by atoms with E-state index in [1.54, 1.807) is 6.08 Å². The van der Waals surface area contributed by atoms with E-state index in [9.17, 15) is 9.90 Å². The van der Waals surface area contributed by atoms with Crippen LogP contribution in [0.25, 0.3) is 0 Å². The van der Waals surface area contributed by atoms with Gasteiger partial charge in [-0.1, -0.05) is 0 Å². The number of aliphatic imine (C=N–C) groups is 1. The number of hydrogen-bond acceptors (Lipinski definition) is 3. The Hall–Kier alpha value is -1.12. The average Bonchev–Trinajstić information content (AvgIpc) is 2.31. The Balaban J connectivity index is 2.75. The lowest BCUT2D eigenvalue weighted by atomic mass is 9.69. The van der Waals surface area contributed by atoms with Gasteiger partial charge in [0.15, 0.2) is 0 Å². The van der Waals surface area contributed by atoms with Crippen LogP contribution in [0.4, 0.5) is 0 Å². The van der Waals surface area contributed by atoms with Crippen molar-refractivity contribution in [2.24, 2.45) is 4.99 Å². The molecule has 1 aromatic rings. The van der Waals surface area contributed by atoms with Gasteiger partial charge in [0.05, 0.1) is 10.0 Å². The molecule has 18 heavy (non-hydrogen) atoms. The largest absolute Gasteiger partial charge is 0.506 e. The highest BCUT2D eigenvalue weighted by atomic mass is 79.9. The fraction of sp³-hybridized carbons (Fsp3) is 0.500. The number of carbonyl (C=O) groups excluding carboxylic acids is 1. The van der Waals surface area contributed by atoms with Crippen LogP contribution in [-0.4, -0.2) is 11.2 Å². The zero-order chi connectivity index (χ0) is 13.5. The van der Waals surface area contributed by atoms with Gasteiger partial charge in [0, 0.05) is 0 Å². The summed E-state index contributed by atoms with van der Waals surface area (Å²) in [5.74, 6) is 0.276. The van der Waals surface area contributed by atoms with E-state index in [-0.39, 0.29) is 5.75 Å². The quantitative estimate of drug-likeness (QED) is 0.667. The number of halogens is 1. The van der Waals surface area contributed by atoms with Crippen LogP contribution >= 0.6 is 15.9 Å². The number of aromatic hydroxyl groups is 1. The Labute approximate surface area is 115 Å². The second-order valence-electron chi connectivity index (χ2n) is 5.00. The third-order valence-electron chi connectivity index (χ3n) is 4.11.